The molecule has 1 N–H and O–H groups in total. The van der Waals surface area contributed by atoms with Gasteiger partial charge in [0.05, 0.1) is 23.0 Å². The number of anilines is 1. The van der Waals surface area contributed by atoms with E-state index in [1.807, 2.05) is 30.3 Å². The minimum absolute atomic E-state index is 0.0269. The van der Waals surface area contributed by atoms with Crippen LogP contribution in [0.2, 0.25) is 0 Å². The van der Waals surface area contributed by atoms with Gasteiger partial charge in [-0.05, 0) is 29.8 Å². The van der Waals surface area contributed by atoms with Gasteiger partial charge in [-0.3, -0.25) is 14.8 Å². The molecule has 2 heterocycles. The molecule has 1 amide bonds. The van der Waals surface area contributed by atoms with Crippen molar-refractivity contribution in [2.24, 2.45) is 7.05 Å². The Morgan fingerprint density at radius 2 is 1.83 bits per heavy atom. The fourth-order valence-corrected chi connectivity index (χ4v) is 3.03. The number of nitrogens with zero attached hydrogens (tertiary/aromatic N) is 3. The van der Waals surface area contributed by atoms with Gasteiger partial charge in [0.25, 0.3) is 5.91 Å². The van der Waals surface area contributed by atoms with Gasteiger partial charge < -0.3 is 4.52 Å². The van der Waals surface area contributed by atoms with Crippen molar-refractivity contribution in [1.82, 2.24) is 14.9 Å². The van der Waals surface area contributed by atoms with E-state index in [2.05, 4.69) is 15.6 Å². The normalized spacial score (nSPS) is 11.5. The third kappa shape index (κ3) is 3.82. The highest BCUT2D eigenvalue weighted by Gasteiger charge is 2.34. The van der Waals surface area contributed by atoms with Crippen LogP contribution in [-0.2, 0) is 13.2 Å². The van der Waals surface area contributed by atoms with E-state index < -0.39 is 17.6 Å². The molecule has 0 saturated heterocycles. The molecule has 0 spiro atoms. The zero-order valence-electron chi connectivity index (χ0n) is 15.6. The molecule has 2 aromatic heterocycles. The predicted molar refractivity (Wildman–Crippen MR) is 104 cm³/mol. The summed E-state index contributed by atoms with van der Waals surface area (Å²) >= 11 is 0. The summed E-state index contributed by atoms with van der Waals surface area (Å²) in [6, 6.07) is 13.7. The maximum absolute atomic E-state index is 13.5. The number of benzene rings is 2. The predicted octanol–water partition coefficient (Wildman–Crippen LogP) is 5.01. The number of carbonyl (C=O) groups is 1. The van der Waals surface area contributed by atoms with Gasteiger partial charge in [-0.15, -0.1) is 0 Å². The topological polar surface area (TPSA) is 73.0 Å². The van der Waals surface area contributed by atoms with Gasteiger partial charge in [-0.1, -0.05) is 35.5 Å². The Labute approximate surface area is 168 Å². The summed E-state index contributed by atoms with van der Waals surface area (Å²) in [6.07, 6.45) is -1.60. The first-order valence-corrected chi connectivity index (χ1v) is 8.85. The number of aryl methyl sites for hydroxylation is 1. The number of rotatable bonds is 4. The molecule has 0 aliphatic heterocycles. The van der Waals surface area contributed by atoms with Gasteiger partial charge >= 0.3 is 6.18 Å². The van der Waals surface area contributed by atoms with Crippen LogP contribution >= 0.6 is 0 Å². The summed E-state index contributed by atoms with van der Waals surface area (Å²) in [5.74, 6) is -0.527. The molecule has 0 bridgehead atoms. The average Bonchev–Trinajstić information content (AvgIpc) is 3.36. The largest absolute Gasteiger partial charge is 0.417 e. The van der Waals surface area contributed by atoms with Crippen molar-refractivity contribution in [3.63, 3.8) is 0 Å². The van der Waals surface area contributed by atoms with Crippen LogP contribution in [0, 0.1) is 0 Å². The molecule has 0 atom stereocenters. The van der Waals surface area contributed by atoms with Gasteiger partial charge in [0.15, 0.2) is 0 Å². The van der Waals surface area contributed by atoms with Gasteiger partial charge in [-0.2, -0.15) is 18.3 Å². The SMILES string of the molecule is Cn1ccc(-c2cc(C(=O)Nc3oncc3-c3ccccc3)ccc2C(F)(F)F)n1. The summed E-state index contributed by atoms with van der Waals surface area (Å²) in [6.45, 7) is 0. The maximum atomic E-state index is 13.5. The van der Waals surface area contributed by atoms with Crippen LogP contribution in [0.1, 0.15) is 15.9 Å². The number of amides is 1. The van der Waals surface area contributed by atoms with Crippen molar-refractivity contribution in [2.75, 3.05) is 5.32 Å². The summed E-state index contributed by atoms with van der Waals surface area (Å²) in [7, 11) is 1.60. The van der Waals surface area contributed by atoms with Crippen molar-refractivity contribution in [3.8, 4) is 22.4 Å². The quantitative estimate of drug-likeness (QED) is 0.511. The molecule has 2 aromatic carbocycles. The number of hydrogen-bond donors (Lipinski definition) is 1. The molecule has 0 saturated carbocycles. The van der Waals surface area contributed by atoms with E-state index in [1.54, 1.807) is 7.05 Å². The lowest BCUT2D eigenvalue weighted by atomic mass is 10.0. The van der Waals surface area contributed by atoms with Crippen LogP contribution in [0.5, 0.6) is 0 Å². The molecule has 0 unspecified atom stereocenters. The van der Waals surface area contributed by atoms with Crippen LogP contribution in [0.4, 0.5) is 19.1 Å². The fourth-order valence-electron chi connectivity index (χ4n) is 3.03. The van der Waals surface area contributed by atoms with Gasteiger partial charge in [0.1, 0.15) is 0 Å². The number of halogens is 3. The second-order valence-corrected chi connectivity index (χ2v) is 6.52. The second kappa shape index (κ2) is 7.51. The smallest absolute Gasteiger partial charge is 0.338 e. The zero-order valence-corrected chi connectivity index (χ0v) is 15.6. The summed E-state index contributed by atoms with van der Waals surface area (Å²) in [5, 5.41) is 10.3. The highest BCUT2D eigenvalue weighted by atomic mass is 19.4. The Balaban J connectivity index is 1.69. The molecular formula is C21H15F3N4O2. The van der Waals surface area contributed by atoms with Crippen LogP contribution in [0.3, 0.4) is 0 Å². The molecule has 9 heteroatoms. The molecule has 4 rings (SSSR count). The minimum atomic E-state index is -4.59. The molecule has 152 valence electrons. The van der Waals surface area contributed by atoms with E-state index in [0.717, 1.165) is 17.7 Å². The molecule has 30 heavy (non-hydrogen) atoms. The Kier molecular flexibility index (Phi) is 4.86. The molecule has 4 aromatic rings. The molecule has 0 fully saturated rings. The van der Waals surface area contributed by atoms with Gasteiger partial charge in [-0.25, -0.2) is 0 Å². The average molecular weight is 412 g/mol. The first kappa shape index (κ1) is 19.4. The number of hydrogen-bond acceptors (Lipinski definition) is 4. The van der Waals surface area contributed by atoms with E-state index in [1.165, 1.54) is 29.2 Å². The first-order valence-electron chi connectivity index (χ1n) is 8.85. The standard InChI is InChI=1S/C21H15F3N4O2/c1-28-10-9-18(27-28)15-11-14(7-8-17(15)21(22,23)24)19(29)26-20-16(12-25-30-20)13-5-3-2-4-6-13/h2-12H,1H3,(H,26,29). The highest BCUT2D eigenvalue weighted by molar-refractivity contribution is 6.06. The number of nitrogens with one attached hydrogen (secondary N) is 1. The summed E-state index contributed by atoms with van der Waals surface area (Å²) in [4.78, 5) is 12.7. The molecule has 6 nitrogen and oxygen atoms in total. The molecule has 0 aliphatic rings. The van der Waals surface area contributed by atoms with Crippen molar-refractivity contribution in [3.05, 3.63) is 78.1 Å². The van der Waals surface area contributed by atoms with E-state index in [4.69, 9.17) is 4.52 Å². The Morgan fingerprint density at radius 3 is 2.50 bits per heavy atom. The second-order valence-electron chi connectivity index (χ2n) is 6.52. The molecule has 0 radical (unpaired) electrons. The van der Waals surface area contributed by atoms with Gasteiger partial charge in [0.2, 0.25) is 5.88 Å². The molecular weight excluding hydrogens is 397 g/mol. The van der Waals surface area contributed by atoms with Crippen LogP contribution in [-0.4, -0.2) is 20.8 Å². The van der Waals surface area contributed by atoms with Crippen LogP contribution in [0.25, 0.3) is 22.4 Å². The van der Waals surface area contributed by atoms with Crippen LogP contribution < -0.4 is 5.32 Å². The first-order chi connectivity index (χ1) is 14.3. The number of carbonyl (C=O) groups excluding carboxylic acids is 1. The van der Waals surface area contributed by atoms with Crippen molar-refractivity contribution >= 4 is 11.8 Å². The highest BCUT2D eigenvalue weighted by Crippen LogP contribution is 2.37. The van der Waals surface area contributed by atoms with Gasteiger partial charge in [0, 0.05) is 24.4 Å². The minimum Gasteiger partial charge on any atom is -0.338 e. The molecule has 0 aliphatic carbocycles. The zero-order chi connectivity index (χ0) is 21.3. The van der Waals surface area contributed by atoms with Crippen LogP contribution in [0.15, 0.2) is 71.5 Å². The van der Waals surface area contributed by atoms with Crippen molar-refractivity contribution < 1.29 is 22.5 Å². The third-order valence-corrected chi connectivity index (χ3v) is 4.46. The lowest BCUT2D eigenvalue weighted by molar-refractivity contribution is -0.137. The maximum Gasteiger partial charge on any atom is 0.417 e. The van der Waals surface area contributed by atoms with Crippen molar-refractivity contribution in [2.45, 2.75) is 6.18 Å². The van der Waals surface area contributed by atoms with E-state index in [0.29, 0.717) is 5.56 Å². The number of alkyl halides is 3. The lowest BCUT2D eigenvalue weighted by Gasteiger charge is -2.13. The van der Waals surface area contributed by atoms with E-state index >= 15 is 0 Å². The summed E-state index contributed by atoms with van der Waals surface area (Å²) in [5.41, 5.74) is 0.415. The third-order valence-electron chi connectivity index (χ3n) is 4.46. The fraction of sp³-hybridized carbons (Fsp3) is 0.0952. The Morgan fingerprint density at radius 1 is 1.07 bits per heavy atom. The lowest BCUT2D eigenvalue weighted by Crippen LogP contribution is -2.14. The Bertz CT molecular complexity index is 1200. The summed E-state index contributed by atoms with van der Waals surface area (Å²) < 4.78 is 46.9. The van der Waals surface area contributed by atoms with E-state index in [9.17, 15) is 18.0 Å². The number of aromatic nitrogens is 3. The van der Waals surface area contributed by atoms with Crippen molar-refractivity contribution in [1.29, 1.82) is 0 Å². The monoisotopic (exact) mass is 412 g/mol. The Hall–Kier alpha value is -3.88. The van der Waals surface area contributed by atoms with E-state index in [-0.39, 0.29) is 22.7 Å².